The second-order valence-corrected chi connectivity index (χ2v) is 7.97. The highest BCUT2D eigenvalue weighted by atomic mass is 32.1. The van der Waals surface area contributed by atoms with Crippen LogP contribution in [0, 0.1) is 0 Å². The number of imide groups is 1. The monoisotopic (exact) mass is 455 g/mol. The number of carboxylic acid groups (broad SMARTS) is 2. The lowest BCUT2D eigenvalue weighted by atomic mass is 10.1. The van der Waals surface area contributed by atoms with E-state index in [0.29, 0.717) is 11.6 Å². The minimum atomic E-state index is -1.80. The number of carbonyl (C=O) groups is 4. The molecule has 2 heterocycles. The maximum Gasteiger partial charge on any atom is 0.436 e. The number of nitrogens with one attached hydrogen (secondary N) is 3. The van der Waals surface area contributed by atoms with E-state index in [1.165, 1.54) is 23.8 Å². The number of hydrogen-bond acceptors (Lipinski definition) is 7. The Kier molecular flexibility index (Phi) is 8.55. The average Bonchev–Trinajstić information content (AvgIpc) is 3.29. The molecule has 0 aliphatic carbocycles. The van der Waals surface area contributed by atoms with Crippen molar-refractivity contribution >= 4 is 51.9 Å². The molecule has 11 nitrogen and oxygen atoms in total. The fourth-order valence-electron chi connectivity index (χ4n) is 2.37. The van der Waals surface area contributed by atoms with E-state index in [-0.39, 0.29) is 17.5 Å². The molecular weight excluding hydrogens is 434 g/mol. The molecule has 2 aromatic rings. The maximum atomic E-state index is 11.5. The number of aromatic nitrogens is 1. The molecular formula is C17H21N5O6S2. The second kappa shape index (κ2) is 11.1. The Balaban J connectivity index is 1.68. The Bertz CT molecular complexity index is 898. The molecule has 0 aliphatic rings. The second-order valence-electron chi connectivity index (χ2n) is 6.12. The van der Waals surface area contributed by atoms with Crippen LogP contribution in [-0.4, -0.2) is 50.9 Å². The van der Waals surface area contributed by atoms with Gasteiger partial charge in [0, 0.05) is 23.7 Å². The molecule has 0 radical (unpaired) electrons. The molecule has 0 aromatic carbocycles. The van der Waals surface area contributed by atoms with Gasteiger partial charge in [0.05, 0.1) is 5.69 Å². The molecule has 162 valence electrons. The molecule has 13 heteroatoms. The van der Waals surface area contributed by atoms with Crippen molar-refractivity contribution in [1.29, 1.82) is 0 Å². The van der Waals surface area contributed by atoms with Crippen molar-refractivity contribution in [3.8, 4) is 0 Å². The number of anilines is 1. The molecule has 0 saturated carbocycles. The van der Waals surface area contributed by atoms with Crippen molar-refractivity contribution in [3.05, 3.63) is 33.0 Å². The number of amides is 5. The molecule has 0 bridgehead atoms. The third-order valence-electron chi connectivity index (χ3n) is 3.69. The van der Waals surface area contributed by atoms with Crippen LogP contribution in [0.3, 0.4) is 0 Å². The minimum Gasteiger partial charge on any atom is -0.463 e. The van der Waals surface area contributed by atoms with Crippen molar-refractivity contribution in [2.45, 2.75) is 32.6 Å². The van der Waals surface area contributed by atoms with Gasteiger partial charge in [0.1, 0.15) is 0 Å². The van der Waals surface area contributed by atoms with Crippen LogP contribution in [0.4, 0.5) is 19.5 Å². The number of hydrazine groups is 1. The molecule has 5 N–H and O–H groups in total. The summed E-state index contributed by atoms with van der Waals surface area (Å²) in [5.41, 5.74) is 3.82. The molecule has 0 fully saturated rings. The number of rotatable bonds is 8. The van der Waals surface area contributed by atoms with E-state index < -0.39 is 18.2 Å². The number of aryl methyl sites for hydroxylation is 3. The lowest BCUT2D eigenvalue weighted by Crippen LogP contribution is -2.52. The van der Waals surface area contributed by atoms with E-state index in [4.69, 9.17) is 10.2 Å². The highest BCUT2D eigenvalue weighted by Gasteiger charge is 2.21. The van der Waals surface area contributed by atoms with Crippen LogP contribution >= 0.6 is 22.7 Å². The van der Waals surface area contributed by atoms with Crippen molar-refractivity contribution in [2.75, 3.05) is 11.9 Å². The Morgan fingerprint density at radius 2 is 1.80 bits per heavy atom. The number of urea groups is 1. The molecule has 2 aromatic heterocycles. The molecule has 0 spiro atoms. The van der Waals surface area contributed by atoms with Gasteiger partial charge in [0.15, 0.2) is 5.13 Å². The summed E-state index contributed by atoms with van der Waals surface area (Å²) in [6, 6.07) is 1.18. The largest absolute Gasteiger partial charge is 0.463 e. The fraction of sp³-hybridized carbons (Fsp3) is 0.353. The molecule has 5 amide bonds. The van der Waals surface area contributed by atoms with Crippen molar-refractivity contribution < 1.29 is 29.4 Å². The third kappa shape index (κ3) is 7.67. The smallest absolute Gasteiger partial charge is 0.436 e. The van der Waals surface area contributed by atoms with Gasteiger partial charge in [-0.05, 0) is 42.7 Å². The summed E-state index contributed by atoms with van der Waals surface area (Å²) < 4.78 is 0. The van der Waals surface area contributed by atoms with Gasteiger partial charge in [-0.2, -0.15) is 0 Å². The number of hydrogen-bond donors (Lipinski definition) is 5. The summed E-state index contributed by atoms with van der Waals surface area (Å²) in [5, 5.41) is 26.7. The predicted molar refractivity (Wildman–Crippen MR) is 111 cm³/mol. The van der Waals surface area contributed by atoms with Gasteiger partial charge in [-0.1, -0.05) is 0 Å². The molecule has 0 unspecified atom stereocenters. The molecule has 0 atom stereocenters. The number of nitrogens with zero attached hydrogens (tertiary/aromatic N) is 2. The Morgan fingerprint density at radius 1 is 1.07 bits per heavy atom. The third-order valence-corrected chi connectivity index (χ3v) is 5.55. The topological polar surface area (TPSA) is 161 Å². The van der Waals surface area contributed by atoms with Crippen LogP contribution in [0.5, 0.6) is 0 Å². The molecule has 0 aliphatic heterocycles. The minimum absolute atomic E-state index is 0.147. The van der Waals surface area contributed by atoms with Crippen LogP contribution < -0.4 is 16.1 Å². The quantitative estimate of drug-likeness (QED) is 0.302. The number of thiazole rings is 1. The predicted octanol–water partition coefficient (Wildman–Crippen LogP) is 2.75. The summed E-state index contributed by atoms with van der Waals surface area (Å²) >= 11 is 3.00. The summed E-state index contributed by atoms with van der Waals surface area (Å²) in [5.74, 6) is -0.147. The zero-order valence-electron chi connectivity index (χ0n) is 16.0. The lowest BCUT2D eigenvalue weighted by Gasteiger charge is -2.14. The summed E-state index contributed by atoms with van der Waals surface area (Å²) in [6.07, 6.45) is -0.686. The standard InChI is InChI=1S/C17H21N5O6S2/c1-10(23)19-15-20-12(9-30-15)5-4-11-7-13(29-8-11)3-2-6-18-14(24)21-22(16(25)26)17(27)28/h7-9H,2-6H2,1H3,(H,25,26)(H,27,28)(H2,18,21,24)(H,19,20,23). The first-order valence-corrected chi connectivity index (χ1v) is 10.6. The van der Waals surface area contributed by atoms with Crippen LogP contribution in [0.25, 0.3) is 0 Å². The van der Waals surface area contributed by atoms with Gasteiger partial charge in [-0.25, -0.2) is 24.8 Å². The van der Waals surface area contributed by atoms with E-state index in [9.17, 15) is 19.2 Å². The maximum absolute atomic E-state index is 11.5. The summed E-state index contributed by atoms with van der Waals surface area (Å²) in [6.45, 7) is 1.70. The SMILES string of the molecule is CC(=O)Nc1nc(CCc2csc(CCCNC(=O)NN(C(=O)O)C(=O)O)c2)cs1. The van der Waals surface area contributed by atoms with E-state index in [0.717, 1.165) is 29.8 Å². The van der Waals surface area contributed by atoms with E-state index in [1.807, 2.05) is 5.38 Å². The Morgan fingerprint density at radius 3 is 2.47 bits per heavy atom. The first-order valence-electron chi connectivity index (χ1n) is 8.83. The molecule has 0 saturated heterocycles. The first kappa shape index (κ1) is 23.1. The highest BCUT2D eigenvalue weighted by molar-refractivity contribution is 7.13. The van der Waals surface area contributed by atoms with Gasteiger partial charge >= 0.3 is 18.2 Å². The Labute approximate surface area is 179 Å². The van der Waals surface area contributed by atoms with Gasteiger partial charge in [-0.3, -0.25) is 4.79 Å². The van der Waals surface area contributed by atoms with Crippen LogP contribution in [-0.2, 0) is 24.1 Å². The van der Waals surface area contributed by atoms with E-state index >= 15 is 0 Å². The van der Waals surface area contributed by atoms with Crippen molar-refractivity contribution in [1.82, 2.24) is 20.7 Å². The molecule has 30 heavy (non-hydrogen) atoms. The van der Waals surface area contributed by atoms with Crippen molar-refractivity contribution in [2.24, 2.45) is 0 Å². The van der Waals surface area contributed by atoms with Gasteiger partial charge in [0.25, 0.3) is 0 Å². The number of carbonyl (C=O) groups excluding carboxylic acids is 2. The van der Waals surface area contributed by atoms with Crippen LogP contribution in [0.2, 0.25) is 0 Å². The van der Waals surface area contributed by atoms with Crippen LogP contribution in [0.15, 0.2) is 16.8 Å². The van der Waals surface area contributed by atoms with Crippen LogP contribution in [0.1, 0.15) is 29.5 Å². The zero-order valence-corrected chi connectivity index (χ0v) is 17.6. The van der Waals surface area contributed by atoms with Gasteiger partial charge < -0.3 is 20.8 Å². The molecule has 2 rings (SSSR count). The zero-order chi connectivity index (χ0) is 22.1. The van der Waals surface area contributed by atoms with E-state index in [1.54, 1.807) is 16.8 Å². The van der Waals surface area contributed by atoms with Gasteiger partial charge in [0.2, 0.25) is 5.91 Å². The summed E-state index contributed by atoms with van der Waals surface area (Å²) in [4.78, 5) is 49.4. The highest BCUT2D eigenvalue weighted by Crippen LogP contribution is 2.20. The fourth-order valence-corrected chi connectivity index (χ4v) is 4.13. The van der Waals surface area contributed by atoms with Gasteiger partial charge in [-0.15, -0.1) is 27.7 Å². The summed E-state index contributed by atoms with van der Waals surface area (Å²) in [7, 11) is 0. The lowest BCUT2D eigenvalue weighted by molar-refractivity contribution is -0.114. The van der Waals surface area contributed by atoms with E-state index in [2.05, 4.69) is 27.1 Å². The average molecular weight is 456 g/mol. The van der Waals surface area contributed by atoms with Crippen molar-refractivity contribution in [3.63, 3.8) is 0 Å². The number of thiophene rings is 1. The normalized spacial score (nSPS) is 10.3. The first-order chi connectivity index (χ1) is 14.2. The Hall–Kier alpha value is -3.19.